The molecule has 2 aromatic rings. The molecular formula is C17H14Cl4F2N3O2+. The van der Waals surface area contributed by atoms with Crippen molar-refractivity contribution in [3.05, 3.63) is 69.2 Å². The van der Waals surface area contributed by atoms with Crippen molar-refractivity contribution in [1.82, 2.24) is 5.06 Å². The van der Waals surface area contributed by atoms with Crippen LogP contribution in [0.1, 0.15) is 11.1 Å². The summed E-state index contributed by atoms with van der Waals surface area (Å²) in [5, 5.41) is 1.16. The highest BCUT2D eigenvalue weighted by Gasteiger charge is 2.22. The van der Waals surface area contributed by atoms with Gasteiger partial charge in [-0.3, -0.25) is 5.73 Å². The first-order valence-electron chi connectivity index (χ1n) is 7.69. The molecule has 0 atom stereocenters. The Balaban J connectivity index is 2.32. The average molecular weight is 472 g/mol. The second-order valence-electron chi connectivity index (χ2n) is 5.46. The van der Waals surface area contributed by atoms with Crippen LogP contribution in [0.5, 0.6) is 0 Å². The van der Waals surface area contributed by atoms with Gasteiger partial charge in [0, 0.05) is 21.2 Å². The van der Waals surface area contributed by atoms with Gasteiger partial charge in [-0.15, -0.1) is 5.06 Å². The number of benzene rings is 2. The van der Waals surface area contributed by atoms with Crippen molar-refractivity contribution in [2.45, 2.75) is 17.9 Å². The summed E-state index contributed by atoms with van der Waals surface area (Å²) in [5.41, 5.74) is 5.53. The quantitative estimate of drug-likeness (QED) is 0.292. The highest BCUT2D eigenvalue weighted by molar-refractivity contribution is 6.53. The van der Waals surface area contributed by atoms with E-state index in [1.165, 1.54) is 36.4 Å². The fraction of sp³-hybridized carbons (Fsp3) is 0.176. The number of carbonyl (C=O) groups excluding carboxylic acids is 1. The van der Waals surface area contributed by atoms with E-state index in [1.807, 2.05) is 0 Å². The summed E-state index contributed by atoms with van der Waals surface area (Å²) >= 11 is 23.1. The summed E-state index contributed by atoms with van der Waals surface area (Å²) in [6.07, 6.45) is -1.07. The molecule has 0 heterocycles. The molecule has 1 amide bonds. The minimum absolute atomic E-state index is 0.0361. The maximum atomic E-state index is 14.1. The van der Waals surface area contributed by atoms with Gasteiger partial charge >= 0.3 is 6.09 Å². The number of hydrogen-bond donors (Lipinski definition) is 2. The van der Waals surface area contributed by atoms with Crippen LogP contribution in [0.3, 0.4) is 0 Å². The van der Waals surface area contributed by atoms with Crippen LogP contribution in [0.2, 0.25) is 10.0 Å². The van der Waals surface area contributed by atoms with Gasteiger partial charge in [0.1, 0.15) is 11.6 Å². The van der Waals surface area contributed by atoms with Gasteiger partial charge < -0.3 is 4.84 Å². The van der Waals surface area contributed by atoms with Gasteiger partial charge in [0.05, 0.1) is 13.1 Å². The maximum Gasteiger partial charge on any atom is 0.524 e. The average Bonchev–Trinajstić information content (AvgIpc) is 2.61. The molecule has 0 aromatic heterocycles. The molecule has 0 aliphatic carbocycles. The van der Waals surface area contributed by atoms with Crippen LogP contribution in [-0.4, -0.2) is 21.8 Å². The predicted octanol–water partition coefficient (Wildman–Crippen LogP) is 3.57. The second kappa shape index (κ2) is 10.2. The molecule has 11 heteroatoms. The number of amidine groups is 1. The van der Waals surface area contributed by atoms with Crippen molar-refractivity contribution in [2.24, 2.45) is 5.73 Å². The summed E-state index contributed by atoms with van der Waals surface area (Å²) in [6.45, 7) is -0.594. The second-order valence-corrected chi connectivity index (χ2v) is 7.37. The van der Waals surface area contributed by atoms with Gasteiger partial charge in [-0.25, -0.2) is 8.78 Å². The molecule has 150 valence electrons. The van der Waals surface area contributed by atoms with E-state index in [2.05, 4.69) is 4.99 Å². The number of nitrogens with one attached hydrogen (secondary N) is 1. The van der Waals surface area contributed by atoms with Crippen molar-refractivity contribution in [1.29, 1.82) is 0 Å². The fourth-order valence-corrected chi connectivity index (χ4v) is 2.71. The Labute approximate surface area is 179 Å². The van der Waals surface area contributed by atoms with Crippen LogP contribution in [0, 0.1) is 11.6 Å². The molecular weight excluding hydrogens is 458 g/mol. The summed E-state index contributed by atoms with van der Waals surface area (Å²) in [4.78, 5) is 18.1. The number of rotatable bonds is 6. The molecule has 0 spiro atoms. The molecule has 0 bridgehead atoms. The van der Waals surface area contributed by atoms with E-state index in [1.54, 1.807) is 0 Å². The first-order valence-corrected chi connectivity index (χ1v) is 9.32. The third kappa shape index (κ3) is 6.18. The van der Waals surface area contributed by atoms with E-state index in [4.69, 9.17) is 57.0 Å². The van der Waals surface area contributed by atoms with Gasteiger partial charge in [0.25, 0.3) is 5.84 Å². The van der Waals surface area contributed by atoms with Crippen molar-refractivity contribution >= 4 is 58.3 Å². The van der Waals surface area contributed by atoms with Gasteiger partial charge in [0.15, 0.2) is 0 Å². The highest BCUT2D eigenvalue weighted by Crippen LogP contribution is 2.25. The Hall–Kier alpha value is -1.64. The van der Waals surface area contributed by atoms with E-state index in [9.17, 15) is 13.6 Å². The number of nitrogens with two attached hydrogens (primary N) is 1. The summed E-state index contributed by atoms with van der Waals surface area (Å²) in [5.74, 6) is -1.54. The zero-order valence-electron chi connectivity index (χ0n) is 14.1. The molecule has 0 saturated carbocycles. The number of alkyl halides is 2. The molecule has 2 rings (SSSR count). The Kier molecular flexibility index (Phi) is 8.27. The van der Waals surface area contributed by atoms with Gasteiger partial charge in [0.2, 0.25) is 4.84 Å². The lowest BCUT2D eigenvalue weighted by molar-refractivity contribution is -0.392. The lowest BCUT2D eigenvalue weighted by Crippen LogP contribution is -2.81. The van der Waals surface area contributed by atoms with Crippen LogP contribution in [-0.2, 0) is 17.9 Å². The minimum atomic E-state index is -1.18. The molecule has 2 aromatic carbocycles. The molecule has 0 aliphatic rings. The molecule has 0 unspecified atom stereocenters. The van der Waals surface area contributed by atoms with E-state index >= 15 is 0 Å². The van der Waals surface area contributed by atoms with Crippen molar-refractivity contribution in [3.8, 4) is 0 Å². The number of hydrogen-bond acceptors (Lipinski definition) is 3. The Morgan fingerprint density at radius 1 is 1.04 bits per heavy atom. The van der Waals surface area contributed by atoms with Crippen LogP contribution >= 0.6 is 46.4 Å². The largest absolute Gasteiger partial charge is 0.524 e. The lowest BCUT2D eigenvalue weighted by atomic mass is 10.1. The number of nitrogens with zero attached hydrogens (tertiary/aromatic N) is 1. The summed E-state index contributed by atoms with van der Waals surface area (Å²) in [7, 11) is 0. The number of amides is 1. The van der Waals surface area contributed by atoms with Gasteiger partial charge in [-0.2, -0.15) is 9.79 Å². The zero-order valence-corrected chi connectivity index (χ0v) is 17.1. The first-order chi connectivity index (χ1) is 13.2. The fourth-order valence-electron chi connectivity index (χ4n) is 2.15. The van der Waals surface area contributed by atoms with Crippen molar-refractivity contribution in [2.75, 3.05) is 0 Å². The standard InChI is InChI=1S/C17H13Cl4F2N3O2/c18-11-3-1-5-13(22)9(11)7-26(28-17(27)25-16(24)15(20)21)8-10-12(19)4-2-6-14(10)23/h1-6,15H,7-8H2,(H2,24,25,27)/p+1. The topological polar surface area (TPSA) is 69.5 Å². The normalized spacial score (nSPS) is 11.9. The number of halogens is 6. The maximum absolute atomic E-state index is 14.1. The third-order valence-corrected chi connectivity index (χ3v) is 4.66. The molecule has 5 nitrogen and oxygen atoms in total. The summed E-state index contributed by atoms with van der Waals surface area (Å²) in [6, 6.07) is 8.14. The van der Waals surface area contributed by atoms with Crippen LogP contribution < -0.4 is 10.7 Å². The SMILES string of the molecule is NC(=[NH+]C(=O)ON(Cc1c(F)cccc1Cl)Cc1c(F)cccc1Cl)C(Cl)Cl. The monoisotopic (exact) mass is 470 g/mol. The Morgan fingerprint density at radius 3 is 1.89 bits per heavy atom. The molecule has 0 saturated heterocycles. The van der Waals surface area contributed by atoms with Gasteiger partial charge in [-0.05, 0) is 24.3 Å². The Morgan fingerprint density at radius 2 is 1.50 bits per heavy atom. The minimum Gasteiger partial charge on any atom is -0.332 e. The number of carbonyl (C=O) groups is 1. The van der Waals surface area contributed by atoms with Gasteiger partial charge in [-0.1, -0.05) is 58.5 Å². The van der Waals surface area contributed by atoms with Crippen molar-refractivity contribution in [3.63, 3.8) is 0 Å². The molecule has 0 radical (unpaired) electrons. The van der Waals surface area contributed by atoms with E-state index in [0.717, 1.165) is 5.06 Å². The van der Waals surface area contributed by atoms with Crippen LogP contribution in [0.15, 0.2) is 36.4 Å². The highest BCUT2D eigenvalue weighted by atomic mass is 35.5. The lowest BCUT2D eigenvalue weighted by Gasteiger charge is -2.21. The molecule has 3 N–H and O–H groups in total. The van der Waals surface area contributed by atoms with E-state index in [-0.39, 0.29) is 40.1 Å². The Bertz CT molecular complexity index is 803. The molecule has 0 aliphatic heterocycles. The van der Waals surface area contributed by atoms with Crippen molar-refractivity contribution < 1.29 is 23.4 Å². The van der Waals surface area contributed by atoms with E-state index in [0.29, 0.717) is 0 Å². The third-order valence-electron chi connectivity index (χ3n) is 3.49. The van der Waals surface area contributed by atoms with Crippen LogP contribution in [0.4, 0.5) is 13.6 Å². The van der Waals surface area contributed by atoms with Crippen LogP contribution in [0.25, 0.3) is 0 Å². The smallest absolute Gasteiger partial charge is 0.332 e. The predicted molar refractivity (Wildman–Crippen MR) is 104 cm³/mol. The zero-order chi connectivity index (χ0) is 20.8. The first kappa shape index (κ1) is 22.6. The van der Waals surface area contributed by atoms with E-state index < -0.39 is 22.6 Å². The summed E-state index contributed by atoms with van der Waals surface area (Å²) < 4.78 is 28.3. The molecule has 28 heavy (non-hydrogen) atoms. The number of hydroxylamine groups is 2. The molecule has 0 fully saturated rings.